The molecule has 1 saturated heterocycles. The molecule has 7 rings (SSSR count). The molecule has 0 spiro atoms. The molecule has 9 nitrogen and oxygen atoms in total. The highest BCUT2D eigenvalue weighted by molar-refractivity contribution is 6.35. The van der Waals surface area contributed by atoms with Crippen LogP contribution in [0.3, 0.4) is 0 Å². The van der Waals surface area contributed by atoms with E-state index in [1.807, 2.05) is 0 Å². The van der Waals surface area contributed by atoms with Crippen LogP contribution in [0.1, 0.15) is 30.0 Å². The number of hydrogen-bond donors (Lipinski definition) is 2. The number of phenols is 1. The van der Waals surface area contributed by atoms with Gasteiger partial charge < -0.3 is 20.2 Å². The Balaban J connectivity index is 1.60. The third-order valence-corrected chi connectivity index (χ3v) is 8.91. The summed E-state index contributed by atoms with van der Waals surface area (Å²) in [5, 5.41) is 13.3. The first-order valence-electron chi connectivity index (χ1n) is 14.2. The summed E-state index contributed by atoms with van der Waals surface area (Å²) in [5.74, 6) is -3.22. The summed E-state index contributed by atoms with van der Waals surface area (Å²) in [7, 11) is 0. The molecule has 4 aromatic rings. The first-order valence-corrected chi connectivity index (χ1v) is 14.5. The maximum absolute atomic E-state index is 17.2. The van der Waals surface area contributed by atoms with Crippen LogP contribution < -0.4 is 15.8 Å². The average molecular weight is 618 g/mol. The van der Waals surface area contributed by atoms with E-state index in [-0.39, 0.29) is 58.8 Å². The van der Waals surface area contributed by atoms with Gasteiger partial charge >= 0.3 is 0 Å². The van der Waals surface area contributed by atoms with Crippen molar-refractivity contribution in [1.82, 2.24) is 14.5 Å². The largest absolute Gasteiger partial charge is 0.507 e. The van der Waals surface area contributed by atoms with Crippen LogP contribution in [0.2, 0.25) is 5.02 Å². The van der Waals surface area contributed by atoms with Crippen LogP contribution in [0, 0.1) is 18.6 Å². The summed E-state index contributed by atoms with van der Waals surface area (Å²) in [5.41, 5.74) is 0.0499. The van der Waals surface area contributed by atoms with E-state index in [4.69, 9.17) is 11.6 Å². The fourth-order valence-electron chi connectivity index (χ4n) is 6.40. The predicted octanol–water partition coefficient (Wildman–Crippen LogP) is 5.03. The van der Waals surface area contributed by atoms with Crippen molar-refractivity contribution < 1.29 is 23.5 Å². The minimum atomic E-state index is -1.02. The van der Waals surface area contributed by atoms with Crippen LogP contribution in [0.15, 0.2) is 54.0 Å². The van der Waals surface area contributed by atoms with Crippen LogP contribution >= 0.6 is 11.6 Å². The maximum Gasteiger partial charge on any atom is 0.281 e. The highest BCUT2D eigenvalue weighted by Crippen LogP contribution is 2.48. The highest BCUT2D eigenvalue weighted by Gasteiger charge is 2.42. The van der Waals surface area contributed by atoms with E-state index in [1.54, 1.807) is 24.1 Å². The lowest BCUT2D eigenvalue weighted by atomic mass is 9.96. The number of aryl methyl sites for hydroxylation is 1. The lowest BCUT2D eigenvalue weighted by Crippen LogP contribution is -2.61. The Morgan fingerprint density at radius 3 is 2.64 bits per heavy atom. The zero-order chi connectivity index (χ0) is 31.0. The van der Waals surface area contributed by atoms with Gasteiger partial charge in [-0.3, -0.25) is 23.9 Å². The Kier molecular flexibility index (Phi) is 6.47. The van der Waals surface area contributed by atoms with E-state index < -0.39 is 46.0 Å². The van der Waals surface area contributed by atoms with Gasteiger partial charge in [0.2, 0.25) is 11.8 Å². The predicted molar refractivity (Wildman–Crippen MR) is 163 cm³/mol. The Hall–Kier alpha value is -4.77. The molecule has 0 unspecified atom stereocenters. The fourth-order valence-corrected chi connectivity index (χ4v) is 6.69. The number of aromatic hydroxyl groups is 1. The summed E-state index contributed by atoms with van der Waals surface area (Å²) in [6.45, 7) is 5.72. The number of benzene rings is 2. The molecule has 1 atom stereocenters. The van der Waals surface area contributed by atoms with E-state index in [2.05, 4.69) is 16.9 Å². The molecular weight excluding hydrogens is 592 g/mol. The van der Waals surface area contributed by atoms with Gasteiger partial charge in [0.15, 0.2) is 5.82 Å². The number of rotatable bonds is 4. The molecule has 3 aliphatic rings. The minimum Gasteiger partial charge on any atom is -0.507 e. The molecule has 0 radical (unpaired) electrons. The van der Waals surface area contributed by atoms with Gasteiger partial charge in [-0.2, -0.15) is 0 Å². The van der Waals surface area contributed by atoms with E-state index in [1.165, 1.54) is 33.7 Å². The van der Waals surface area contributed by atoms with Gasteiger partial charge in [-0.25, -0.2) is 8.78 Å². The zero-order valence-corrected chi connectivity index (χ0v) is 24.3. The number of phenolic OH excluding ortho intramolecular Hbond substituents is 1. The second kappa shape index (κ2) is 10.2. The number of aromatic nitrogens is 2. The minimum absolute atomic E-state index is 0.0195. The van der Waals surface area contributed by atoms with E-state index in [0.717, 1.165) is 18.9 Å². The number of carbonyl (C=O) groups excluding carboxylic acids is 2. The summed E-state index contributed by atoms with van der Waals surface area (Å²) >= 11 is 6.69. The third kappa shape index (κ3) is 4.10. The first kappa shape index (κ1) is 28.0. The van der Waals surface area contributed by atoms with Gasteiger partial charge in [-0.05, 0) is 55.7 Å². The lowest BCUT2D eigenvalue weighted by molar-refractivity contribution is -0.128. The summed E-state index contributed by atoms with van der Waals surface area (Å²) in [6.07, 6.45) is 4.48. The van der Waals surface area contributed by atoms with Crippen molar-refractivity contribution in [2.45, 2.75) is 31.7 Å². The molecule has 1 aliphatic carbocycles. The Morgan fingerprint density at radius 2 is 1.93 bits per heavy atom. The van der Waals surface area contributed by atoms with Gasteiger partial charge in [0.1, 0.15) is 23.3 Å². The van der Waals surface area contributed by atoms with Crippen molar-refractivity contribution >= 4 is 45.7 Å². The number of halogens is 3. The number of nitrogens with one attached hydrogen (secondary N) is 1. The van der Waals surface area contributed by atoms with Gasteiger partial charge in [0.05, 0.1) is 39.7 Å². The molecule has 2 aromatic carbocycles. The van der Waals surface area contributed by atoms with Gasteiger partial charge in [0.25, 0.3) is 5.56 Å². The third-order valence-electron chi connectivity index (χ3n) is 8.61. The molecule has 44 heavy (non-hydrogen) atoms. The Morgan fingerprint density at radius 1 is 1.16 bits per heavy atom. The second-order valence-electron chi connectivity index (χ2n) is 11.3. The highest BCUT2D eigenvalue weighted by atomic mass is 35.5. The monoisotopic (exact) mass is 617 g/mol. The molecule has 2 aromatic heterocycles. The van der Waals surface area contributed by atoms with Crippen molar-refractivity contribution in [3.8, 4) is 22.6 Å². The molecular formula is C32H26ClF2N5O4. The number of carbonyl (C=O) groups is 2. The number of amides is 2. The molecule has 224 valence electrons. The van der Waals surface area contributed by atoms with Gasteiger partial charge in [-0.1, -0.05) is 24.2 Å². The SMILES string of the molecule is C=CC(=O)N1CCN2c3c(c(=O)n(-c4c(C)ccnc4C4CC4)c4c(F)c(-c5c(O)cccc5F)c(Cl)cc34)NC(=O)[C@H]2C1. The Bertz CT molecular complexity index is 1990. The van der Waals surface area contributed by atoms with Crippen molar-refractivity contribution in [2.24, 2.45) is 0 Å². The molecule has 2 aliphatic heterocycles. The van der Waals surface area contributed by atoms with Gasteiger partial charge in [0, 0.05) is 36.2 Å². The molecule has 2 N–H and O–H groups in total. The molecule has 12 heteroatoms. The smallest absolute Gasteiger partial charge is 0.281 e. The lowest BCUT2D eigenvalue weighted by Gasteiger charge is -2.45. The number of fused-ring (bicyclic) bond motifs is 5. The average Bonchev–Trinajstić information content (AvgIpc) is 3.85. The summed E-state index contributed by atoms with van der Waals surface area (Å²) < 4.78 is 33.5. The molecule has 2 amide bonds. The number of nitrogens with zero attached hydrogens (tertiary/aromatic N) is 4. The van der Waals surface area contributed by atoms with E-state index >= 15 is 8.78 Å². The van der Waals surface area contributed by atoms with Crippen molar-refractivity contribution in [3.63, 3.8) is 0 Å². The normalized spacial score (nSPS) is 17.7. The summed E-state index contributed by atoms with van der Waals surface area (Å²) in [4.78, 5) is 48.1. The fraction of sp³-hybridized carbons (Fsp3) is 0.250. The quantitative estimate of drug-likeness (QED) is 0.311. The molecule has 2 fully saturated rings. The molecule has 4 heterocycles. The van der Waals surface area contributed by atoms with Crippen LogP contribution in [0.5, 0.6) is 5.75 Å². The zero-order valence-electron chi connectivity index (χ0n) is 23.5. The number of anilines is 2. The van der Waals surface area contributed by atoms with Crippen molar-refractivity contribution in [1.29, 1.82) is 0 Å². The topological polar surface area (TPSA) is 108 Å². The van der Waals surface area contributed by atoms with Crippen LogP contribution in [-0.4, -0.2) is 57.0 Å². The maximum atomic E-state index is 17.2. The second-order valence-corrected chi connectivity index (χ2v) is 11.7. The molecule has 0 bridgehead atoms. The summed E-state index contributed by atoms with van der Waals surface area (Å²) in [6, 6.07) is 5.84. The number of piperazine rings is 1. The van der Waals surface area contributed by atoms with Crippen LogP contribution in [0.4, 0.5) is 20.2 Å². The number of pyridine rings is 2. The van der Waals surface area contributed by atoms with Crippen molar-refractivity contribution in [3.05, 3.63) is 87.5 Å². The first-order chi connectivity index (χ1) is 21.1. The van der Waals surface area contributed by atoms with E-state index in [9.17, 15) is 19.5 Å². The van der Waals surface area contributed by atoms with Crippen molar-refractivity contribution in [2.75, 3.05) is 29.9 Å². The standard InChI is InChI=1S/C32H26ClF2N5O4/c1-3-22(42)38-11-12-39-20(14-38)31(43)37-27-30(39)17-13-18(33)23(24-19(34)5-4-6-21(24)41)25(35)29(17)40(32(27)44)28-15(2)9-10-36-26(28)16-7-8-16/h3-6,9-10,13,16,20,41H,1,7-8,11-12,14H2,2H3,(H,37,43)/t20-/m1/s1. The molecule has 1 saturated carbocycles. The van der Waals surface area contributed by atoms with E-state index in [0.29, 0.717) is 16.9 Å². The Labute approximate surface area is 255 Å². The number of hydrogen-bond acceptors (Lipinski definition) is 6. The van der Waals surface area contributed by atoms with Crippen LogP contribution in [0.25, 0.3) is 27.7 Å². The van der Waals surface area contributed by atoms with Crippen LogP contribution in [-0.2, 0) is 9.59 Å². The van der Waals surface area contributed by atoms with Gasteiger partial charge in [-0.15, -0.1) is 0 Å².